The lowest BCUT2D eigenvalue weighted by molar-refractivity contribution is 0.284. The van der Waals surface area contributed by atoms with Gasteiger partial charge in [0.2, 0.25) is 0 Å². The predicted octanol–water partition coefficient (Wildman–Crippen LogP) is 3.21. The lowest BCUT2D eigenvalue weighted by atomic mass is 10.2. The molecular weight excluding hydrogens is 256 g/mol. The number of aromatic nitrogens is 1. The van der Waals surface area contributed by atoms with Crippen molar-refractivity contribution in [2.24, 2.45) is 11.8 Å². The molecule has 0 saturated heterocycles. The maximum atomic E-state index is 9.48. The van der Waals surface area contributed by atoms with Crippen LogP contribution < -0.4 is 4.90 Å². The van der Waals surface area contributed by atoms with Crippen molar-refractivity contribution in [1.29, 1.82) is 0 Å². The van der Waals surface area contributed by atoms with Crippen LogP contribution in [0.15, 0.2) is 0 Å². The van der Waals surface area contributed by atoms with Crippen LogP contribution in [0.25, 0.3) is 0 Å². The van der Waals surface area contributed by atoms with Gasteiger partial charge < -0.3 is 10.0 Å². The highest BCUT2D eigenvalue weighted by Gasteiger charge is 2.30. The van der Waals surface area contributed by atoms with Gasteiger partial charge in [-0.1, -0.05) is 24.7 Å². The first kappa shape index (κ1) is 13.4. The summed E-state index contributed by atoms with van der Waals surface area (Å²) in [4.78, 5) is 8.39. The van der Waals surface area contributed by atoms with Crippen molar-refractivity contribution < 1.29 is 5.11 Å². The van der Waals surface area contributed by atoms with Gasteiger partial charge in [-0.3, -0.25) is 0 Å². The van der Waals surface area contributed by atoms with Crippen molar-refractivity contribution in [3.05, 3.63) is 10.6 Å². The van der Waals surface area contributed by atoms with Crippen molar-refractivity contribution in [3.63, 3.8) is 0 Å². The van der Waals surface area contributed by atoms with E-state index in [-0.39, 0.29) is 6.61 Å². The van der Waals surface area contributed by atoms with Gasteiger partial charge in [0, 0.05) is 13.1 Å². The minimum absolute atomic E-state index is 0.147. The Bertz CT molecular complexity index is 410. The average Bonchev–Trinajstić information content (AvgIpc) is 3.32. The fourth-order valence-corrected chi connectivity index (χ4v) is 3.50. The van der Waals surface area contributed by atoms with E-state index in [0.29, 0.717) is 0 Å². The summed E-state index contributed by atoms with van der Waals surface area (Å²) in [6, 6.07) is 0. The van der Waals surface area contributed by atoms with E-state index in [2.05, 4.69) is 11.8 Å². The van der Waals surface area contributed by atoms with Crippen molar-refractivity contribution in [2.75, 3.05) is 18.0 Å². The second kappa shape index (κ2) is 5.80. The van der Waals surface area contributed by atoms with Crippen molar-refractivity contribution in [1.82, 2.24) is 4.98 Å². The van der Waals surface area contributed by atoms with E-state index in [0.717, 1.165) is 40.4 Å². The second-order valence-corrected chi connectivity index (χ2v) is 7.13. The first-order chi connectivity index (χ1) is 9.30. The Morgan fingerprint density at radius 1 is 1.21 bits per heavy atom. The number of hydrogen-bond acceptors (Lipinski definition) is 4. The normalized spacial score (nSPS) is 18.8. The summed E-state index contributed by atoms with van der Waals surface area (Å²) in [6.07, 6.45) is 7.65. The number of aliphatic hydroxyl groups excluding tert-OH is 1. The molecule has 0 aliphatic heterocycles. The van der Waals surface area contributed by atoms with Crippen LogP contribution in [-0.2, 0) is 13.0 Å². The van der Waals surface area contributed by atoms with Crippen LogP contribution in [-0.4, -0.2) is 23.2 Å². The second-order valence-electron chi connectivity index (χ2n) is 6.07. The number of anilines is 1. The lowest BCUT2D eigenvalue weighted by Gasteiger charge is -2.21. The van der Waals surface area contributed by atoms with Gasteiger partial charge in [-0.2, -0.15) is 0 Å². The van der Waals surface area contributed by atoms with Gasteiger partial charge in [-0.25, -0.2) is 4.98 Å². The first-order valence-corrected chi connectivity index (χ1v) is 8.46. The molecule has 3 rings (SSSR count). The minimum Gasteiger partial charge on any atom is -0.391 e. The maximum absolute atomic E-state index is 9.48. The molecule has 1 N–H and O–H groups in total. The van der Waals surface area contributed by atoms with Crippen LogP contribution in [0.4, 0.5) is 5.13 Å². The van der Waals surface area contributed by atoms with E-state index in [1.54, 1.807) is 11.3 Å². The smallest absolute Gasteiger partial charge is 0.185 e. The summed E-state index contributed by atoms with van der Waals surface area (Å²) < 4.78 is 0. The fraction of sp³-hybridized carbons (Fsp3) is 0.800. The predicted molar refractivity (Wildman–Crippen MR) is 79.7 cm³/mol. The highest BCUT2D eigenvalue weighted by atomic mass is 32.1. The molecule has 0 radical (unpaired) electrons. The molecule has 0 bridgehead atoms. The molecule has 2 fully saturated rings. The zero-order chi connectivity index (χ0) is 13.2. The molecule has 1 heterocycles. The molecule has 2 saturated carbocycles. The Labute approximate surface area is 119 Å². The summed E-state index contributed by atoms with van der Waals surface area (Å²) in [7, 11) is 0. The van der Waals surface area contributed by atoms with Crippen LogP contribution in [0.5, 0.6) is 0 Å². The molecule has 106 valence electrons. The Kier molecular flexibility index (Phi) is 4.08. The first-order valence-electron chi connectivity index (χ1n) is 7.64. The van der Waals surface area contributed by atoms with Crippen LogP contribution in [0.2, 0.25) is 0 Å². The third-order valence-corrected chi connectivity index (χ3v) is 5.16. The van der Waals surface area contributed by atoms with Gasteiger partial charge in [-0.15, -0.1) is 0 Å². The van der Waals surface area contributed by atoms with Gasteiger partial charge in [0.15, 0.2) is 5.13 Å². The minimum atomic E-state index is 0.147. The molecule has 3 nitrogen and oxygen atoms in total. The topological polar surface area (TPSA) is 36.4 Å². The van der Waals surface area contributed by atoms with Crippen LogP contribution >= 0.6 is 11.3 Å². The third kappa shape index (κ3) is 3.48. The lowest BCUT2D eigenvalue weighted by Crippen LogP contribution is -2.27. The Morgan fingerprint density at radius 2 is 1.84 bits per heavy atom. The number of thiazole rings is 1. The van der Waals surface area contributed by atoms with Crippen molar-refractivity contribution >= 4 is 16.5 Å². The zero-order valence-electron chi connectivity index (χ0n) is 11.8. The number of nitrogens with zero attached hydrogens (tertiary/aromatic N) is 2. The molecule has 0 spiro atoms. The Morgan fingerprint density at radius 3 is 2.32 bits per heavy atom. The SMILES string of the molecule is CCCc1nc(N(CC2CC2)CC2CC2)sc1CO. The fourth-order valence-electron chi connectivity index (χ4n) is 2.52. The van der Waals surface area contributed by atoms with Gasteiger partial charge >= 0.3 is 0 Å². The molecular formula is C15H24N2OS. The van der Waals surface area contributed by atoms with Gasteiger partial charge in [-0.05, 0) is 43.9 Å². The van der Waals surface area contributed by atoms with E-state index in [9.17, 15) is 5.11 Å². The molecule has 1 aromatic heterocycles. The molecule has 0 aromatic carbocycles. The van der Waals surface area contributed by atoms with E-state index in [1.165, 1.54) is 38.8 Å². The van der Waals surface area contributed by atoms with Gasteiger partial charge in [0.1, 0.15) is 0 Å². The van der Waals surface area contributed by atoms with Gasteiger partial charge in [0.05, 0.1) is 17.2 Å². The number of rotatable bonds is 8. The summed E-state index contributed by atoms with van der Waals surface area (Å²) in [5.74, 6) is 1.80. The standard InChI is InChI=1S/C15H24N2OS/c1-2-3-13-14(10-18)19-15(16-13)17(8-11-4-5-11)9-12-6-7-12/h11-12,18H,2-10H2,1H3. The highest BCUT2D eigenvalue weighted by Crippen LogP contribution is 2.37. The van der Waals surface area contributed by atoms with Gasteiger partial charge in [0.25, 0.3) is 0 Å². The van der Waals surface area contributed by atoms with Crippen LogP contribution in [0, 0.1) is 11.8 Å². The number of hydrogen-bond donors (Lipinski definition) is 1. The molecule has 2 aliphatic carbocycles. The molecule has 19 heavy (non-hydrogen) atoms. The van der Waals surface area contributed by atoms with Crippen molar-refractivity contribution in [3.8, 4) is 0 Å². The third-order valence-electron chi connectivity index (χ3n) is 4.02. The molecule has 0 atom stereocenters. The largest absolute Gasteiger partial charge is 0.391 e. The monoisotopic (exact) mass is 280 g/mol. The summed E-state index contributed by atoms with van der Waals surface area (Å²) in [5, 5.41) is 10.6. The van der Waals surface area contributed by atoms with E-state index in [4.69, 9.17) is 4.98 Å². The summed E-state index contributed by atoms with van der Waals surface area (Å²) in [6.45, 7) is 4.68. The van der Waals surface area contributed by atoms with Crippen LogP contribution in [0.1, 0.15) is 49.6 Å². The van der Waals surface area contributed by atoms with E-state index < -0.39 is 0 Å². The van der Waals surface area contributed by atoms with Crippen molar-refractivity contribution in [2.45, 2.75) is 52.1 Å². The maximum Gasteiger partial charge on any atom is 0.185 e. The average molecular weight is 280 g/mol. The number of aliphatic hydroxyl groups is 1. The molecule has 1 aromatic rings. The number of aryl methyl sites for hydroxylation is 1. The molecule has 4 heteroatoms. The zero-order valence-corrected chi connectivity index (χ0v) is 12.6. The van der Waals surface area contributed by atoms with E-state index >= 15 is 0 Å². The summed E-state index contributed by atoms with van der Waals surface area (Å²) in [5.41, 5.74) is 1.13. The summed E-state index contributed by atoms with van der Waals surface area (Å²) >= 11 is 1.71. The molecule has 2 aliphatic rings. The Hall–Kier alpha value is -0.610. The quantitative estimate of drug-likeness (QED) is 0.794. The molecule has 0 unspecified atom stereocenters. The van der Waals surface area contributed by atoms with Crippen LogP contribution in [0.3, 0.4) is 0 Å². The molecule has 0 amide bonds. The Balaban J connectivity index is 1.74. The highest BCUT2D eigenvalue weighted by molar-refractivity contribution is 7.15. The van der Waals surface area contributed by atoms with E-state index in [1.807, 2.05) is 0 Å².